The van der Waals surface area contributed by atoms with Crippen LogP contribution >= 0.6 is 0 Å². The SMILES string of the molecule is COc1ccc(NC(=O)[C@H]2CC[C@@H](n3c(=O)[nH]c4c(F)cccc43)CC2)cc1C. The van der Waals surface area contributed by atoms with Gasteiger partial charge in [-0.3, -0.25) is 9.36 Å². The fourth-order valence-electron chi connectivity index (χ4n) is 4.27. The van der Waals surface area contributed by atoms with Crippen LogP contribution in [0.15, 0.2) is 41.2 Å². The van der Waals surface area contributed by atoms with Crippen molar-refractivity contribution in [1.29, 1.82) is 0 Å². The number of ether oxygens (including phenoxy) is 1. The van der Waals surface area contributed by atoms with E-state index in [9.17, 15) is 14.0 Å². The smallest absolute Gasteiger partial charge is 0.326 e. The minimum absolute atomic E-state index is 0.00895. The average Bonchev–Trinajstić information content (AvgIpc) is 3.05. The number of para-hydroxylation sites is 1. The van der Waals surface area contributed by atoms with Crippen LogP contribution in [0.5, 0.6) is 5.75 Å². The summed E-state index contributed by atoms with van der Waals surface area (Å²) in [6, 6.07) is 10.2. The molecular weight excluding hydrogens is 373 g/mol. The van der Waals surface area contributed by atoms with Crippen LogP contribution in [0.4, 0.5) is 10.1 Å². The van der Waals surface area contributed by atoms with Gasteiger partial charge in [-0.25, -0.2) is 9.18 Å². The zero-order valence-corrected chi connectivity index (χ0v) is 16.5. The van der Waals surface area contributed by atoms with Gasteiger partial charge in [0.05, 0.1) is 12.6 Å². The van der Waals surface area contributed by atoms with Gasteiger partial charge in [0.1, 0.15) is 17.1 Å². The van der Waals surface area contributed by atoms with E-state index in [1.54, 1.807) is 23.8 Å². The second-order valence-corrected chi connectivity index (χ2v) is 7.61. The predicted octanol–water partition coefficient (Wildman–Crippen LogP) is 4.16. The molecule has 1 aromatic heterocycles. The van der Waals surface area contributed by atoms with E-state index in [2.05, 4.69) is 10.3 Å². The van der Waals surface area contributed by atoms with E-state index in [-0.39, 0.29) is 29.1 Å². The molecule has 2 N–H and O–H groups in total. The van der Waals surface area contributed by atoms with Crippen molar-refractivity contribution in [1.82, 2.24) is 9.55 Å². The highest BCUT2D eigenvalue weighted by Gasteiger charge is 2.29. The van der Waals surface area contributed by atoms with Gasteiger partial charge in [0.2, 0.25) is 5.91 Å². The number of methoxy groups -OCH3 is 1. The molecule has 1 saturated carbocycles. The van der Waals surface area contributed by atoms with Gasteiger partial charge in [0, 0.05) is 17.6 Å². The summed E-state index contributed by atoms with van der Waals surface area (Å²) >= 11 is 0. The van der Waals surface area contributed by atoms with Gasteiger partial charge in [-0.15, -0.1) is 0 Å². The predicted molar refractivity (Wildman–Crippen MR) is 110 cm³/mol. The maximum Gasteiger partial charge on any atom is 0.326 e. The molecule has 0 atom stereocenters. The lowest BCUT2D eigenvalue weighted by molar-refractivity contribution is -0.121. The number of halogens is 1. The number of aromatic amines is 1. The van der Waals surface area contributed by atoms with E-state index in [4.69, 9.17) is 4.74 Å². The fraction of sp³-hybridized carbons (Fsp3) is 0.364. The number of aryl methyl sites for hydroxylation is 1. The van der Waals surface area contributed by atoms with Crippen LogP contribution in [0, 0.1) is 18.7 Å². The highest BCUT2D eigenvalue weighted by atomic mass is 19.1. The number of aromatic nitrogens is 2. The number of rotatable bonds is 4. The summed E-state index contributed by atoms with van der Waals surface area (Å²) in [5.74, 6) is 0.238. The third-order valence-electron chi connectivity index (χ3n) is 5.80. The number of carbonyl (C=O) groups is 1. The Morgan fingerprint density at radius 2 is 1.97 bits per heavy atom. The van der Waals surface area contributed by atoms with Crippen molar-refractivity contribution in [2.24, 2.45) is 5.92 Å². The van der Waals surface area contributed by atoms with Crippen LogP contribution in [0.1, 0.15) is 37.3 Å². The summed E-state index contributed by atoms with van der Waals surface area (Å²) in [7, 11) is 1.62. The van der Waals surface area contributed by atoms with Crippen LogP contribution in [-0.2, 0) is 4.79 Å². The molecule has 1 aliphatic rings. The molecule has 0 aliphatic heterocycles. The minimum atomic E-state index is -0.429. The zero-order chi connectivity index (χ0) is 20.5. The molecule has 1 fully saturated rings. The molecule has 1 heterocycles. The van der Waals surface area contributed by atoms with E-state index in [1.807, 2.05) is 25.1 Å². The first kappa shape index (κ1) is 19.2. The first-order chi connectivity index (χ1) is 14.0. The summed E-state index contributed by atoms with van der Waals surface area (Å²) in [5.41, 5.74) is 2.23. The first-order valence-corrected chi connectivity index (χ1v) is 9.82. The molecule has 3 aromatic rings. The maximum atomic E-state index is 14.0. The van der Waals surface area contributed by atoms with E-state index in [0.717, 1.165) is 17.0 Å². The number of imidazole rings is 1. The molecule has 7 heteroatoms. The van der Waals surface area contributed by atoms with Crippen LogP contribution in [0.3, 0.4) is 0 Å². The van der Waals surface area contributed by atoms with Crippen LogP contribution in [0.25, 0.3) is 11.0 Å². The van der Waals surface area contributed by atoms with Crippen molar-refractivity contribution >= 4 is 22.6 Å². The summed E-state index contributed by atoms with van der Waals surface area (Å²) in [4.78, 5) is 27.7. The summed E-state index contributed by atoms with van der Waals surface area (Å²) in [6.45, 7) is 1.93. The van der Waals surface area contributed by atoms with Gasteiger partial charge < -0.3 is 15.0 Å². The molecule has 1 aliphatic carbocycles. The van der Waals surface area contributed by atoms with Gasteiger partial charge in [0.15, 0.2) is 0 Å². The van der Waals surface area contributed by atoms with Crippen molar-refractivity contribution in [3.63, 3.8) is 0 Å². The summed E-state index contributed by atoms with van der Waals surface area (Å²) < 4.78 is 20.8. The topological polar surface area (TPSA) is 76.1 Å². The second kappa shape index (κ2) is 7.73. The molecule has 0 unspecified atom stereocenters. The zero-order valence-electron chi connectivity index (χ0n) is 16.5. The molecule has 6 nitrogen and oxygen atoms in total. The molecule has 29 heavy (non-hydrogen) atoms. The van der Waals surface area contributed by atoms with Crippen molar-refractivity contribution in [3.05, 3.63) is 58.3 Å². The Morgan fingerprint density at radius 1 is 1.21 bits per heavy atom. The van der Waals surface area contributed by atoms with E-state index >= 15 is 0 Å². The lowest BCUT2D eigenvalue weighted by atomic mass is 9.85. The number of hydrogen-bond acceptors (Lipinski definition) is 3. The molecule has 0 radical (unpaired) electrons. The normalized spacial score (nSPS) is 19.3. The third kappa shape index (κ3) is 3.64. The molecule has 0 spiro atoms. The Bertz CT molecular complexity index is 1110. The molecule has 2 aromatic carbocycles. The number of H-pyrrole nitrogens is 1. The maximum absolute atomic E-state index is 14.0. The summed E-state index contributed by atoms with van der Waals surface area (Å²) in [5, 5.41) is 2.98. The van der Waals surface area contributed by atoms with Crippen molar-refractivity contribution < 1.29 is 13.9 Å². The number of nitrogens with one attached hydrogen (secondary N) is 2. The first-order valence-electron chi connectivity index (χ1n) is 9.82. The minimum Gasteiger partial charge on any atom is -0.496 e. The number of nitrogens with zero attached hydrogens (tertiary/aromatic N) is 1. The average molecular weight is 397 g/mol. The van der Waals surface area contributed by atoms with Gasteiger partial charge in [-0.2, -0.15) is 0 Å². The highest BCUT2D eigenvalue weighted by Crippen LogP contribution is 2.34. The summed E-state index contributed by atoms with van der Waals surface area (Å²) in [6.07, 6.45) is 2.76. The molecule has 0 saturated heterocycles. The Morgan fingerprint density at radius 3 is 2.66 bits per heavy atom. The molecule has 0 bridgehead atoms. The lowest BCUT2D eigenvalue weighted by Crippen LogP contribution is -2.31. The van der Waals surface area contributed by atoms with Crippen molar-refractivity contribution in [3.8, 4) is 5.75 Å². The van der Waals surface area contributed by atoms with E-state index < -0.39 is 5.82 Å². The standard InChI is InChI=1S/C22H24FN3O3/c1-13-12-15(8-11-19(13)29-2)24-21(27)14-6-9-16(10-7-14)26-18-5-3-4-17(23)20(18)25-22(26)28/h3-5,8,11-12,14,16H,6-7,9-10H2,1-2H3,(H,24,27)(H,25,28)/t14-,16+. The van der Waals surface area contributed by atoms with Gasteiger partial charge in [0.25, 0.3) is 0 Å². The Kier molecular flexibility index (Phi) is 5.13. The molecule has 1 amide bonds. The Hall–Kier alpha value is -3.09. The number of fused-ring (bicyclic) bond motifs is 1. The monoisotopic (exact) mass is 397 g/mol. The molecular formula is C22H24FN3O3. The van der Waals surface area contributed by atoms with E-state index in [1.165, 1.54) is 6.07 Å². The van der Waals surface area contributed by atoms with Crippen molar-refractivity contribution in [2.45, 2.75) is 38.6 Å². The largest absolute Gasteiger partial charge is 0.496 e. The third-order valence-corrected chi connectivity index (χ3v) is 5.80. The second-order valence-electron chi connectivity index (χ2n) is 7.61. The van der Waals surface area contributed by atoms with E-state index in [0.29, 0.717) is 31.2 Å². The van der Waals surface area contributed by atoms with Crippen LogP contribution in [-0.4, -0.2) is 22.6 Å². The Labute approximate surface area is 167 Å². The number of carbonyl (C=O) groups excluding carboxylic acids is 1. The van der Waals surface area contributed by atoms with Crippen molar-refractivity contribution in [2.75, 3.05) is 12.4 Å². The van der Waals surface area contributed by atoms with Crippen LogP contribution < -0.4 is 15.7 Å². The Balaban J connectivity index is 1.44. The number of benzene rings is 2. The molecule has 4 rings (SSSR count). The highest BCUT2D eigenvalue weighted by molar-refractivity contribution is 5.92. The fourth-order valence-corrected chi connectivity index (χ4v) is 4.27. The molecule has 152 valence electrons. The lowest BCUT2D eigenvalue weighted by Gasteiger charge is -2.28. The number of hydrogen-bond donors (Lipinski definition) is 2. The number of anilines is 1. The van der Waals surface area contributed by atoms with Gasteiger partial charge in [-0.1, -0.05) is 6.07 Å². The van der Waals surface area contributed by atoms with Crippen LogP contribution in [0.2, 0.25) is 0 Å². The quantitative estimate of drug-likeness (QED) is 0.694. The number of amides is 1. The van der Waals surface area contributed by atoms with Gasteiger partial charge in [-0.05, 0) is 68.5 Å². The van der Waals surface area contributed by atoms with Gasteiger partial charge >= 0.3 is 5.69 Å².